The molecule has 2 rings (SSSR count). The molecule has 0 heterocycles. The van der Waals surface area contributed by atoms with Gasteiger partial charge in [-0.25, -0.2) is 0 Å². The molecular formula is C16H15BrClNO2. The number of carbonyl (C=O) groups is 1. The topological polar surface area (TPSA) is 38.3 Å². The van der Waals surface area contributed by atoms with E-state index in [1.165, 1.54) is 0 Å². The molecule has 0 spiro atoms. The van der Waals surface area contributed by atoms with Crippen molar-refractivity contribution >= 4 is 39.1 Å². The number of nitrogens with one attached hydrogen (secondary N) is 1. The van der Waals surface area contributed by atoms with Gasteiger partial charge < -0.3 is 10.1 Å². The first kappa shape index (κ1) is 15.9. The van der Waals surface area contributed by atoms with Crippen LogP contribution in [-0.4, -0.2) is 12.0 Å². The van der Waals surface area contributed by atoms with Crippen LogP contribution in [0.4, 0.5) is 5.69 Å². The molecule has 2 aromatic carbocycles. The Labute approximate surface area is 137 Å². The van der Waals surface area contributed by atoms with Gasteiger partial charge in [0.15, 0.2) is 6.10 Å². The molecule has 0 aliphatic carbocycles. The third-order valence-corrected chi connectivity index (χ3v) is 3.87. The van der Waals surface area contributed by atoms with E-state index in [0.717, 1.165) is 10.0 Å². The van der Waals surface area contributed by atoms with E-state index in [1.54, 1.807) is 25.1 Å². The highest BCUT2D eigenvalue weighted by molar-refractivity contribution is 9.10. The second-order valence-electron chi connectivity index (χ2n) is 4.64. The van der Waals surface area contributed by atoms with Crippen molar-refractivity contribution in [2.24, 2.45) is 0 Å². The SMILES string of the molecule is Cc1cc(Cl)ccc1O[C@H](C)C(=O)Nc1ccccc1Br. The summed E-state index contributed by atoms with van der Waals surface area (Å²) in [5.41, 5.74) is 1.61. The number of amides is 1. The Morgan fingerprint density at radius 2 is 2.00 bits per heavy atom. The first-order chi connectivity index (χ1) is 9.97. The van der Waals surface area contributed by atoms with Crippen LogP contribution in [0.5, 0.6) is 5.75 Å². The van der Waals surface area contributed by atoms with Crippen LogP contribution < -0.4 is 10.1 Å². The number of anilines is 1. The van der Waals surface area contributed by atoms with Crippen molar-refractivity contribution in [3.05, 3.63) is 57.5 Å². The Bertz CT molecular complexity index is 660. The number of hydrogen-bond donors (Lipinski definition) is 1. The van der Waals surface area contributed by atoms with E-state index in [9.17, 15) is 4.79 Å². The van der Waals surface area contributed by atoms with Crippen molar-refractivity contribution < 1.29 is 9.53 Å². The molecule has 5 heteroatoms. The molecule has 0 unspecified atom stereocenters. The van der Waals surface area contributed by atoms with Crippen LogP contribution in [0.2, 0.25) is 5.02 Å². The highest BCUT2D eigenvalue weighted by Gasteiger charge is 2.16. The maximum atomic E-state index is 12.2. The van der Waals surface area contributed by atoms with Crippen LogP contribution in [0.3, 0.4) is 0 Å². The largest absolute Gasteiger partial charge is 0.481 e. The molecule has 0 aromatic heterocycles. The van der Waals surface area contributed by atoms with Crippen molar-refractivity contribution in [1.29, 1.82) is 0 Å². The highest BCUT2D eigenvalue weighted by atomic mass is 79.9. The zero-order chi connectivity index (χ0) is 15.4. The van der Waals surface area contributed by atoms with Crippen LogP contribution in [0.25, 0.3) is 0 Å². The second kappa shape index (κ2) is 6.96. The molecule has 21 heavy (non-hydrogen) atoms. The molecule has 0 radical (unpaired) electrons. The Hall–Kier alpha value is -1.52. The first-order valence-corrected chi connectivity index (χ1v) is 7.62. The summed E-state index contributed by atoms with van der Waals surface area (Å²) in [5.74, 6) is 0.436. The number of hydrogen-bond acceptors (Lipinski definition) is 2. The average Bonchev–Trinajstić information content (AvgIpc) is 2.44. The average molecular weight is 369 g/mol. The number of ether oxygens (including phenoxy) is 1. The molecule has 1 N–H and O–H groups in total. The first-order valence-electron chi connectivity index (χ1n) is 6.45. The predicted octanol–water partition coefficient (Wildman–Crippen LogP) is 4.82. The fourth-order valence-corrected chi connectivity index (χ4v) is 2.40. The monoisotopic (exact) mass is 367 g/mol. The van der Waals surface area contributed by atoms with Crippen molar-refractivity contribution in [2.75, 3.05) is 5.32 Å². The number of benzene rings is 2. The fraction of sp³-hybridized carbons (Fsp3) is 0.188. The zero-order valence-corrected chi connectivity index (χ0v) is 14.0. The van der Waals surface area contributed by atoms with Gasteiger partial charge in [0.05, 0.1) is 5.69 Å². The Balaban J connectivity index is 2.04. The normalized spacial score (nSPS) is 11.8. The molecule has 3 nitrogen and oxygen atoms in total. The summed E-state index contributed by atoms with van der Waals surface area (Å²) >= 11 is 9.29. The van der Waals surface area contributed by atoms with Crippen LogP contribution >= 0.6 is 27.5 Å². The molecule has 0 aliphatic rings. The van der Waals surface area contributed by atoms with Crippen LogP contribution in [0, 0.1) is 6.92 Å². The third-order valence-electron chi connectivity index (χ3n) is 2.94. The van der Waals surface area contributed by atoms with E-state index in [-0.39, 0.29) is 5.91 Å². The molecule has 0 bridgehead atoms. The summed E-state index contributed by atoms with van der Waals surface area (Å²) in [5, 5.41) is 3.47. The lowest BCUT2D eigenvalue weighted by molar-refractivity contribution is -0.122. The number of aryl methyl sites for hydroxylation is 1. The van der Waals surface area contributed by atoms with Gasteiger partial charge in [0.1, 0.15) is 5.75 Å². The summed E-state index contributed by atoms with van der Waals surface area (Å²) in [6, 6.07) is 12.7. The summed E-state index contributed by atoms with van der Waals surface area (Å²) in [6.45, 7) is 3.60. The predicted molar refractivity (Wildman–Crippen MR) is 89.1 cm³/mol. The van der Waals surface area contributed by atoms with Gasteiger partial charge in [0.25, 0.3) is 5.91 Å². The Morgan fingerprint density at radius 1 is 1.29 bits per heavy atom. The van der Waals surface area contributed by atoms with Gasteiger partial charge in [-0.15, -0.1) is 0 Å². The van der Waals surface area contributed by atoms with E-state index in [4.69, 9.17) is 16.3 Å². The summed E-state index contributed by atoms with van der Waals surface area (Å²) in [4.78, 5) is 12.2. The molecule has 0 fully saturated rings. The molecule has 2 aromatic rings. The van der Waals surface area contributed by atoms with E-state index in [2.05, 4.69) is 21.2 Å². The maximum Gasteiger partial charge on any atom is 0.265 e. The third kappa shape index (κ3) is 4.22. The Kier molecular flexibility index (Phi) is 5.26. The minimum Gasteiger partial charge on any atom is -0.481 e. The van der Waals surface area contributed by atoms with Gasteiger partial charge in [-0.3, -0.25) is 4.79 Å². The second-order valence-corrected chi connectivity index (χ2v) is 5.93. The zero-order valence-electron chi connectivity index (χ0n) is 11.7. The molecule has 1 atom stereocenters. The van der Waals surface area contributed by atoms with Crippen LogP contribution in [0.15, 0.2) is 46.9 Å². The molecule has 0 aliphatic heterocycles. The Morgan fingerprint density at radius 3 is 2.67 bits per heavy atom. The van der Waals surface area contributed by atoms with Gasteiger partial charge in [-0.2, -0.15) is 0 Å². The van der Waals surface area contributed by atoms with E-state index >= 15 is 0 Å². The fourth-order valence-electron chi connectivity index (χ4n) is 1.79. The van der Waals surface area contributed by atoms with Crippen LogP contribution in [0.1, 0.15) is 12.5 Å². The molecular weight excluding hydrogens is 354 g/mol. The van der Waals surface area contributed by atoms with Gasteiger partial charge in [0, 0.05) is 9.50 Å². The van der Waals surface area contributed by atoms with Gasteiger partial charge >= 0.3 is 0 Å². The minimum atomic E-state index is -0.614. The molecule has 0 saturated carbocycles. The van der Waals surface area contributed by atoms with Gasteiger partial charge in [0.2, 0.25) is 0 Å². The highest BCUT2D eigenvalue weighted by Crippen LogP contribution is 2.24. The number of carbonyl (C=O) groups excluding carboxylic acids is 1. The standard InChI is InChI=1S/C16H15BrClNO2/c1-10-9-12(18)7-8-15(10)21-11(2)16(20)19-14-6-4-3-5-13(14)17/h3-9,11H,1-2H3,(H,19,20)/t11-/m1/s1. The quantitative estimate of drug-likeness (QED) is 0.840. The van der Waals surface area contributed by atoms with E-state index in [1.807, 2.05) is 31.2 Å². The lowest BCUT2D eigenvalue weighted by Crippen LogP contribution is -2.30. The number of rotatable bonds is 4. The summed E-state index contributed by atoms with van der Waals surface area (Å²) < 4.78 is 6.52. The smallest absolute Gasteiger partial charge is 0.265 e. The molecule has 110 valence electrons. The van der Waals surface area contributed by atoms with Crippen molar-refractivity contribution in [3.63, 3.8) is 0 Å². The number of halogens is 2. The van der Waals surface area contributed by atoms with Crippen LogP contribution in [-0.2, 0) is 4.79 Å². The van der Waals surface area contributed by atoms with Gasteiger partial charge in [-0.05, 0) is 65.7 Å². The van der Waals surface area contributed by atoms with E-state index < -0.39 is 6.10 Å². The van der Waals surface area contributed by atoms with Gasteiger partial charge in [-0.1, -0.05) is 23.7 Å². The van der Waals surface area contributed by atoms with Crippen molar-refractivity contribution in [2.45, 2.75) is 20.0 Å². The maximum absolute atomic E-state index is 12.2. The van der Waals surface area contributed by atoms with Crippen molar-refractivity contribution in [3.8, 4) is 5.75 Å². The number of para-hydroxylation sites is 1. The summed E-state index contributed by atoms with van der Waals surface area (Å²) in [7, 11) is 0. The molecule has 0 saturated heterocycles. The minimum absolute atomic E-state index is 0.212. The van der Waals surface area contributed by atoms with E-state index in [0.29, 0.717) is 16.5 Å². The lowest BCUT2D eigenvalue weighted by Gasteiger charge is -2.17. The summed E-state index contributed by atoms with van der Waals surface area (Å²) in [6.07, 6.45) is -0.614. The molecule has 1 amide bonds. The van der Waals surface area contributed by atoms with Crippen molar-refractivity contribution in [1.82, 2.24) is 0 Å². The lowest BCUT2D eigenvalue weighted by atomic mass is 10.2.